The molecule has 0 aromatic carbocycles. The molecule has 2 bridgehead atoms. The van der Waals surface area contributed by atoms with Gasteiger partial charge in [0.25, 0.3) is 5.91 Å². The maximum atomic E-state index is 13.4. The quantitative estimate of drug-likeness (QED) is 0.282. The third-order valence-corrected chi connectivity index (χ3v) is 7.14. The van der Waals surface area contributed by atoms with Crippen LogP contribution in [0.4, 0.5) is 4.79 Å². The van der Waals surface area contributed by atoms with Gasteiger partial charge in [0.15, 0.2) is 11.9 Å². The molecule has 7 atom stereocenters. The highest BCUT2D eigenvalue weighted by molar-refractivity contribution is 6.23. The first kappa shape index (κ1) is 33.6. The van der Waals surface area contributed by atoms with Crippen LogP contribution in [0, 0.1) is 11.8 Å². The zero-order valence-corrected chi connectivity index (χ0v) is 24.4. The first-order valence-corrected chi connectivity index (χ1v) is 13.1. The number of allylic oxidation sites excluding steroid dienone is 4. The van der Waals surface area contributed by atoms with Crippen LogP contribution in [0.1, 0.15) is 34.1 Å². The molecule has 2 amide bonds. The molecular weight excluding hydrogens is 536 g/mol. The summed E-state index contributed by atoms with van der Waals surface area (Å²) in [4.78, 5) is 50.7. The lowest BCUT2D eigenvalue weighted by atomic mass is 9.83. The molecule has 5 N–H and O–H groups in total. The van der Waals surface area contributed by atoms with Crippen LogP contribution in [0.5, 0.6) is 0 Å². The van der Waals surface area contributed by atoms with Crippen LogP contribution in [0.3, 0.4) is 0 Å². The van der Waals surface area contributed by atoms with Crippen molar-refractivity contribution in [1.29, 1.82) is 0 Å². The minimum atomic E-state index is -1.49. The predicted molar refractivity (Wildman–Crippen MR) is 148 cm³/mol. The van der Waals surface area contributed by atoms with Crippen molar-refractivity contribution in [3.63, 3.8) is 0 Å². The molecule has 0 aromatic heterocycles. The van der Waals surface area contributed by atoms with E-state index in [1.54, 1.807) is 32.9 Å². The van der Waals surface area contributed by atoms with Crippen molar-refractivity contribution in [3.05, 3.63) is 58.6 Å². The van der Waals surface area contributed by atoms with Crippen molar-refractivity contribution in [1.82, 2.24) is 5.32 Å². The summed E-state index contributed by atoms with van der Waals surface area (Å²) >= 11 is 0. The average Bonchev–Trinajstić information content (AvgIpc) is 2.92. The smallest absolute Gasteiger partial charge is 0.405 e. The molecule has 1 heterocycles. The highest BCUT2D eigenvalue weighted by atomic mass is 16.6. The Morgan fingerprint density at radius 3 is 2.29 bits per heavy atom. The molecule has 0 spiro atoms. The molecular formula is C29H40N2O10. The minimum Gasteiger partial charge on any atom is -0.492 e. The number of ketones is 2. The first-order chi connectivity index (χ1) is 19.3. The topological polar surface area (TPSA) is 184 Å². The zero-order valence-electron chi connectivity index (χ0n) is 24.4. The van der Waals surface area contributed by atoms with Gasteiger partial charge in [0, 0.05) is 31.8 Å². The van der Waals surface area contributed by atoms with E-state index >= 15 is 0 Å². The number of aliphatic hydroxyl groups excluding tert-OH is 2. The van der Waals surface area contributed by atoms with Crippen LogP contribution >= 0.6 is 0 Å². The summed E-state index contributed by atoms with van der Waals surface area (Å²) in [5.41, 5.74) is 5.39. The minimum absolute atomic E-state index is 0.0793. The van der Waals surface area contributed by atoms with E-state index in [0.717, 1.165) is 6.08 Å². The molecule has 226 valence electrons. The van der Waals surface area contributed by atoms with Gasteiger partial charge in [-0.1, -0.05) is 38.2 Å². The van der Waals surface area contributed by atoms with Crippen LogP contribution in [-0.2, 0) is 33.3 Å². The van der Waals surface area contributed by atoms with Crippen LogP contribution in [0.15, 0.2) is 58.6 Å². The fourth-order valence-electron chi connectivity index (χ4n) is 4.77. The summed E-state index contributed by atoms with van der Waals surface area (Å²) in [5, 5.41) is 24.8. The van der Waals surface area contributed by atoms with Gasteiger partial charge in [-0.15, -0.1) is 0 Å². The Hall–Kier alpha value is -3.58. The van der Waals surface area contributed by atoms with E-state index in [9.17, 15) is 29.4 Å². The van der Waals surface area contributed by atoms with E-state index in [4.69, 9.17) is 24.7 Å². The number of nitrogens with two attached hydrogens (primary N) is 1. The SMILES string of the molecule is COC1=C2C(=O)C(=CC1=O)NC(=O)/C(C)=C\C=C\[C@H](OC)[C@@H](OC(N)=O)/C(C)=C\[C@H](C)[C@@H](O)[C@@H](OC)C[C@H](C)[C@H]2O. The molecule has 41 heavy (non-hydrogen) atoms. The molecule has 0 radical (unpaired) electrons. The molecule has 12 heteroatoms. The number of aliphatic hydroxyl groups is 2. The standard InChI is InChI=1S/C29H40N2O10/c1-14-9-8-10-20(38-5)26(41-29(30)37)17(4)11-15(2)23(33)21(39-6)12-16(3)24(34)22-25(35)18(31-28(14)36)13-19(32)27(22)40-7/h8-11,13,15-16,20-21,23-24,26,33-34H,12H2,1-7H3,(H2,30,37)(H,31,36)/b10-8+,14-9-,17-11-/t15-,16-,20-,21-,23+,24+,26-/m0/s1. The summed E-state index contributed by atoms with van der Waals surface area (Å²) in [6, 6.07) is 0. The number of hydrogen-bond donors (Lipinski definition) is 4. The van der Waals surface area contributed by atoms with Gasteiger partial charge in [-0.05, 0) is 31.8 Å². The number of hydrogen-bond acceptors (Lipinski definition) is 10. The van der Waals surface area contributed by atoms with Gasteiger partial charge >= 0.3 is 6.09 Å². The van der Waals surface area contributed by atoms with E-state index in [1.165, 1.54) is 40.4 Å². The largest absolute Gasteiger partial charge is 0.492 e. The van der Waals surface area contributed by atoms with Gasteiger partial charge in [-0.2, -0.15) is 0 Å². The number of amides is 2. The second-order valence-corrected chi connectivity index (χ2v) is 10.1. The van der Waals surface area contributed by atoms with E-state index in [0.29, 0.717) is 5.57 Å². The van der Waals surface area contributed by atoms with E-state index in [1.807, 2.05) is 0 Å². The predicted octanol–water partition coefficient (Wildman–Crippen LogP) is 1.38. The van der Waals surface area contributed by atoms with Gasteiger partial charge in [-0.25, -0.2) is 4.79 Å². The molecule has 12 nitrogen and oxygen atoms in total. The van der Waals surface area contributed by atoms with Crippen molar-refractivity contribution >= 4 is 23.6 Å². The average molecular weight is 577 g/mol. The lowest BCUT2D eigenvalue weighted by molar-refractivity contribution is -0.121. The molecule has 0 aromatic rings. The van der Waals surface area contributed by atoms with Crippen molar-refractivity contribution < 1.29 is 48.3 Å². The number of primary amides is 1. The summed E-state index contributed by atoms with van der Waals surface area (Å²) in [5.74, 6) is -3.71. The van der Waals surface area contributed by atoms with Gasteiger partial charge in [0.2, 0.25) is 11.6 Å². The Labute approximate surface area is 239 Å². The molecule has 2 aliphatic rings. The third-order valence-electron chi connectivity index (χ3n) is 7.14. The number of rotatable bonds is 4. The Bertz CT molecular complexity index is 1180. The number of Topliss-reactive ketones (excluding diaryl/α,β-unsaturated/α-hetero) is 1. The number of nitrogens with one attached hydrogen (secondary N) is 1. The first-order valence-electron chi connectivity index (χ1n) is 13.1. The van der Waals surface area contributed by atoms with E-state index in [-0.39, 0.29) is 29.0 Å². The summed E-state index contributed by atoms with van der Waals surface area (Å²) in [6.07, 6.45) is 1.02. The van der Waals surface area contributed by atoms with Gasteiger partial charge in [0.05, 0.1) is 36.7 Å². The lowest BCUT2D eigenvalue weighted by Crippen LogP contribution is -2.40. The fraction of sp³-hybridized carbons (Fsp3) is 0.517. The van der Waals surface area contributed by atoms with Crippen LogP contribution < -0.4 is 11.1 Å². The van der Waals surface area contributed by atoms with Gasteiger partial charge in [0.1, 0.15) is 6.10 Å². The van der Waals surface area contributed by atoms with Crippen molar-refractivity contribution in [2.24, 2.45) is 17.6 Å². The second-order valence-electron chi connectivity index (χ2n) is 10.1. The highest BCUT2D eigenvalue weighted by Crippen LogP contribution is 2.30. The Morgan fingerprint density at radius 2 is 1.73 bits per heavy atom. The van der Waals surface area contributed by atoms with Crippen molar-refractivity contribution in [3.8, 4) is 0 Å². The monoisotopic (exact) mass is 576 g/mol. The van der Waals surface area contributed by atoms with Crippen LogP contribution in [-0.4, -0.2) is 85.6 Å². The number of ether oxygens (including phenoxy) is 4. The number of fused-ring (bicyclic) bond motifs is 2. The number of carbonyl (C=O) groups is 4. The maximum absolute atomic E-state index is 13.4. The molecule has 0 fully saturated rings. The van der Waals surface area contributed by atoms with Gasteiger partial charge < -0.3 is 40.2 Å². The molecule has 0 unspecified atom stereocenters. The van der Waals surface area contributed by atoms with E-state index in [2.05, 4.69) is 5.32 Å². The Kier molecular flexibility index (Phi) is 12.2. The summed E-state index contributed by atoms with van der Waals surface area (Å²) in [6.45, 7) is 6.55. The normalized spacial score (nSPS) is 34.0. The maximum Gasteiger partial charge on any atom is 0.405 e. The molecule has 0 saturated carbocycles. The van der Waals surface area contributed by atoms with Crippen molar-refractivity contribution in [2.75, 3.05) is 21.3 Å². The number of methoxy groups -OCH3 is 3. The highest BCUT2D eigenvalue weighted by Gasteiger charge is 2.38. The molecule has 1 aliphatic heterocycles. The Balaban J connectivity index is 2.66. The van der Waals surface area contributed by atoms with Crippen LogP contribution in [0.25, 0.3) is 0 Å². The van der Waals surface area contributed by atoms with Crippen molar-refractivity contribution in [2.45, 2.75) is 64.6 Å². The van der Waals surface area contributed by atoms with Gasteiger partial charge in [-0.3, -0.25) is 14.4 Å². The zero-order chi connectivity index (χ0) is 31.0. The van der Waals surface area contributed by atoms with Crippen LogP contribution in [0.2, 0.25) is 0 Å². The summed E-state index contributed by atoms with van der Waals surface area (Å²) < 4.78 is 21.5. The van der Waals surface area contributed by atoms with E-state index < -0.39 is 65.9 Å². The fourth-order valence-corrected chi connectivity index (χ4v) is 4.77. The molecule has 2 rings (SSSR count). The third kappa shape index (κ3) is 8.23. The summed E-state index contributed by atoms with van der Waals surface area (Å²) in [7, 11) is 4.01. The molecule has 0 saturated heterocycles. The molecule has 1 aliphatic carbocycles. The Morgan fingerprint density at radius 1 is 1.07 bits per heavy atom. The second kappa shape index (κ2) is 14.9. The lowest BCUT2D eigenvalue weighted by Gasteiger charge is -2.31. The number of carbonyl (C=O) groups excluding carboxylic acids is 4.